The highest BCUT2D eigenvalue weighted by Gasteiger charge is 2.11. The van der Waals surface area contributed by atoms with Crippen LogP contribution in [0.25, 0.3) is 0 Å². The van der Waals surface area contributed by atoms with Gasteiger partial charge in [-0.05, 0) is 33.8 Å². The second-order valence-electron chi connectivity index (χ2n) is 3.63. The van der Waals surface area contributed by atoms with Gasteiger partial charge < -0.3 is 4.74 Å². The van der Waals surface area contributed by atoms with Crippen molar-refractivity contribution < 1.29 is 9.53 Å². The van der Waals surface area contributed by atoms with Gasteiger partial charge in [-0.3, -0.25) is 4.79 Å². The van der Waals surface area contributed by atoms with Gasteiger partial charge in [0, 0.05) is 11.1 Å². The van der Waals surface area contributed by atoms with Crippen molar-refractivity contribution in [3.05, 3.63) is 20.8 Å². The lowest BCUT2D eigenvalue weighted by molar-refractivity contribution is 0.0756. The Bertz CT molecular complexity index is 323. The summed E-state index contributed by atoms with van der Waals surface area (Å²) in [5, 5.41) is 1.90. The molecule has 0 bridgehead atoms. The van der Waals surface area contributed by atoms with Crippen LogP contribution in [0.5, 0.6) is 0 Å². The van der Waals surface area contributed by atoms with Crippen molar-refractivity contribution in [1.29, 1.82) is 0 Å². The summed E-state index contributed by atoms with van der Waals surface area (Å²) in [6.07, 6.45) is 4.70. The van der Waals surface area contributed by atoms with Crippen molar-refractivity contribution in [2.24, 2.45) is 0 Å². The molecule has 0 aliphatic heterocycles. The first kappa shape index (κ1) is 13.9. The van der Waals surface area contributed by atoms with E-state index in [2.05, 4.69) is 22.9 Å². The molecule has 16 heavy (non-hydrogen) atoms. The molecule has 0 saturated heterocycles. The minimum absolute atomic E-state index is 0.0670. The van der Waals surface area contributed by atoms with E-state index in [1.54, 1.807) is 0 Å². The number of Topliss-reactive ketones (excluding diaryl/α,β-unsaturated/α-hetero) is 1. The van der Waals surface area contributed by atoms with Crippen molar-refractivity contribution >= 4 is 33.0 Å². The first-order chi connectivity index (χ1) is 7.75. The molecule has 1 aromatic heterocycles. The molecule has 0 aliphatic carbocycles. The molecule has 1 heterocycles. The second-order valence-corrected chi connectivity index (χ2v) is 5.40. The summed E-state index contributed by atoms with van der Waals surface area (Å²) in [6, 6.07) is 1.89. The standard InChI is InChI=1S/C12H17BrO2S/c1-2-3-4-5-7-15-9-11(14)12-10(13)6-8-16-12/h6,8H,2-5,7,9H2,1H3. The van der Waals surface area contributed by atoms with E-state index < -0.39 is 0 Å². The van der Waals surface area contributed by atoms with Crippen molar-refractivity contribution in [3.8, 4) is 0 Å². The predicted molar refractivity (Wildman–Crippen MR) is 71.3 cm³/mol. The van der Waals surface area contributed by atoms with Gasteiger partial charge >= 0.3 is 0 Å². The Morgan fingerprint density at radius 3 is 2.88 bits per heavy atom. The predicted octanol–water partition coefficient (Wildman–Crippen LogP) is 4.29. The first-order valence-corrected chi connectivity index (χ1v) is 7.27. The maximum absolute atomic E-state index is 11.7. The van der Waals surface area contributed by atoms with E-state index in [9.17, 15) is 4.79 Å². The molecule has 4 heteroatoms. The summed E-state index contributed by atoms with van der Waals surface area (Å²) in [6.45, 7) is 3.07. The average molecular weight is 305 g/mol. The Morgan fingerprint density at radius 1 is 1.44 bits per heavy atom. The molecule has 0 saturated carbocycles. The molecule has 0 radical (unpaired) electrons. The molecule has 0 spiro atoms. The Morgan fingerprint density at radius 2 is 2.25 bits per heavy atom. The second kappa shape index (κ2) is 7.98. The van der Waals surface area contributed by atoms with Gasteiger partial charge in [-0.1, -0.05) is 26.2 Å². The lowest BCUT2D eigenvalue weighted by Gasteiger charge is -2.02. The SMILES string of the molecule is CCCCCCOCC(=O)c1sccc1Br. The molecule has 1 aromatic rings. The molecular weight excluding hydrogens is 288 g/mol. The summed E-state index contributed by atoms with van der Waals surface area (Å²) in [5.74, 6) is 0.0670. The normalized spacial score (nSPS) is 10.6. The lowest BCUT2D eigenvalue weighted by atomic mass is 10.2. The van der Waals surface area contributed by atoms with E-state index in [0.29, 0.717) is 6.61 Å². The van der Waals surface area contributed by atoms with Crippen molar-refractivity contribution in [2.45, 2.75) is 32.6 Å². The van der Waals surface area contributed by atoms with Gasteiger partial charge in [0.15, 0.2) is 5.78 Å². The molecule has 0 unspecified atom stereocenters. The van der Waals surface area contributed by atoms with E-state index in [1.807, 2.05) is 11.4 Å². The molecule has 0 aromatic carbocycles. The van der Waals surface area contributed by atoms with Crippen LogP contribution in [0.1, 0.15) is 42.3 Å². The third-order valence-electron chi connectivity index (χ3n) is 2.25. The zero-order valence-electron chi connectivity index (χ0n) is 9.50. The number of hydrogen-bond donors (Lipinski definition) is 0. The maximum atomic E-state index is 11.7. The van der Waals surface area contributed by atoms with Crippen LogP contribution in [0.4, 0.5) is 0 Å². The van der Waals surface area contributed by atoms with Crippen LogP contribution in [0, 0.1) is 0 Å². The summed E-state index contributed by atoms with van der Waals surface area (Å²) in [7, 11) is 0. The highest BCUT2D eigenvalue weighted by molar-refractivity contribution is 9.10. The van der Waals surface area contributed by atoms with E-state index in [-0.39, 0.29) is 12.4 Å². The largest absolute Gasteiger partial charge is 0.373 e. The van der Waals surface area contributed by atoms with Crippen molar-refractivity contribution in [2.75, 3.05) is 13.2 Å². The minimum Gasteiger partial charge on any atom is -0.373 e. The summed E-state index contributed by atoms with van der Waals surface area (Å²) >= 11 is 4.80. The van der Waals surface area contributed by atoms with Crippen molar-refractivity contribution in [1.82, 2.24) is 0 Å². The monoisotopic (exact) mass is 304 g/mol. The summed E-state index contributed by atoms with van der Waals surface area (Å²) in [5.41, 5.74) is 0. The number of thiophene rings is 1. The Balaban J connectivity index is 2.14. The van der Waals surface area contributed by atoms with Crippen LogP contribution < -0.4 is 0 Å². The third-order valence-corrected chi connectivity index (χ3v) is 4.12. The molecule has 1 rings (SSSR count). The number of carbonyl (C=O) groups excluding carboxylic acids is 1. The van der Waals surface area contributed by atoms with Gasteiger partial charge in [0.05, 0.1) is 4.88 Å². The van der Waals surface area contributed by atoms with Crippen LogP contribution in [0.15, 0.2) is 15.9 Å². The molecule has 0 N–H and O–H groups in total. The molecule has 2 nitrogen and oxygen atoms in total. The zero-order chi connectivity index (χ0) is 11.8. The van der Waals surface area contributed by atoms with Crippen LogP contribution >= 0.6 is 27.3 Å². The van der Waals surface area contributed by atoms with Crippen LogP contribution in [0.3, 0.4) is 0 Å². The summed E-state index contributed by atoms with van der Waals surface area (Å²) in [4.78, 5) is 12.4. The van der Waals surface area contributed by atoms with E-state index >= 15 is 0 Å². The van der Waals surface area contributed by atoms with Crippen LogP contribution in [-0.4, -0.2) is 19.0 Å². The maximum Gasteiger partial charge on any atom is 0.199 e. The number of carbonyl (C=O) groups is 1. The Kier molecular flexibility index (Phi) is 6.92. The number of ether oxygens (including phenoxy) is 1. The highest BCUT2D eigenvalue weighted by Crippen LogP contribution is 2.22. The molecular formula is C12H17BrO2S. The number of unbranched alkanes of at least 4 members (excludes halogenated alkanes) is 3. The van der Waals surface area contributed by atoms with Gasteiger partial charge in [-0.2, -0.15) is 0 Å². The fourth-order valence-electron chi connectivity index (χ4n) is 1.35. The van der Waals surface area contributed by atoms with Gasteiger partial charge in [-0.15, -0.1) is 11.3 Å². The van der Waals surface area contributed by atoms with E-state index in [1.165, 1.54) is 30.6 Å². The minimum atomic E-state index is 0.0670. The number of ketones is 1. The molecule has 0 amide bonds. The third kappa shape index (κ3) is 4.76. The molecule has 0 atom stereocenters. The first-order valence-electron chi connectivity index (χ1n) is 5.59. The average Bonchev–Trinajstić information content (AvgIpc) is 2.69. The summed E-state index contributed by atoms with van der Waals surface area (Å²) < 4.78 is 6.23. The fraction of sp³-hybridized carbons (Fsp3) is 0.583. The molecule has 0 aliphatic rings. The fourth-order valence-corrected chi connectivity index (χ4v) is 2.87. The smallest absolute Gasteiger partial charge is 0.199 e. The molecule has 90 valence electrons. The number of halogens is 1. The zero-order valence-corrected chi connectivity index (χ0v) is 11.9. The van der Waals surface area contributed by atoms with Crippen molar-refractivity contribution in [3.63, 3.8) is 0 Å². The molecule has 0 fully saturated rings. The van der Waals surface area contributed by atoms with Crippen LogP contribution in [0.2, 0.25) is 0 Å². The van der Waals surface area contributed by atoms with Gasteiger partial charge in [0.1, 0.15) is 6.61 Å². The quantitative estimate of drug-likeness (QED) is 0.529. The van der Waals surface area contributed by atoms with Gasteiger partial charge in [-0.25, -0.2) is 0 Å². The van der Waals surface area contributed by atoms with Gasteiger partial charge in [0.25, 0.3) is 0 Å². The number of hydrogen-bond acceptors (Lipinski definition) is 3. The van der Waals surface area contributed by atoms with Gasteiger partial charge in [0.2, 0.25) is 0 Å². The van der Waals surface area contributed by atoms with E-state index in [0.717, 1.165) is 15.8 Å². The number of rotatable bonds is 8. The topological polar surface area (TPSA) is 26.3 Å². The Hall–Kier alpha value is -0.190. The Labute approximate surface area is 109 Å². The van der Waals surface area contributed by atoms with E-state index in [4.69, 9.17) is 4.74 Å². The highest BCUT2D eigenvalue weighted by atomic mass is 79.9. The van der Waals surface area contributed by atoms with Crippen LogP contribution in [-0.2, 0) is 4.74 Å². The lowest BCUT2D eigenvalue weighted by Crippen LogP contribution is -2.08.